The highest BCUT2D eigenvalue weighted by Gasteiger charge is 2.48. The Bertz CT molecular complexity index is 568. The molecule has 2 rings (SSSR count). The smallest absolute Gasteiger partial charge is 0.322 e. The number of nitrogens with one attached hydrogen (secondary N) is 4. The predicted octanol–water partition coefficient (Wildman–Crippen LogP) is -0.603. The quantitative estimate of drug-likeness (QED) is 0.306. The monoisotopic (exact) mass is 352 g/mol. The first-order chi connectivity index (χ1) is 11.8. The molecule has 4 amide bonds. The van der Waals surface area contributed by atoms with E-state index in [2.05, 4.69) is 31.2 Å². The molecule has 2 saturated heterocycles. The molecule has 0 aromatic carbocycles. The van der Waals surface area contributed by atoms with Gasteiger partial charge in [-0.3, -0.25) is 19.9 Å². The molecule has 0 saturated carbocycles. The van der Waals surface area contributed by atoms with Crippen LogP contribution in [-0.4, -0.2) is 67.0 Å². The van der Waals surface area contributed by atoms with Crippen LogP contribution in [0.15, 0.2) is 4.99 Å². The van der Waals surface area contributed by atoms with Crippen molar-refractivity contribution in [3.05, 3.63) is 0 Å². The number of urea groups is 1. The molecule has 0 radical (unpaired) electrons. The first-order valence-corrected chi connectivity index (χ1v) is 8.64. The Hall–Kier alpha value is -2.32. The van der Waals surface area contributed by atoms with Crippen LogP contribution < -0.4 is 21.3 Å². The van der Waals surface area contributed by atoms with E-state index in [9.17, 15) is 14.4 Å². The Morgan fingerprint density at radius 3 is 2.48 bits per heavy atom. The molecule has 140 valence electrons. The highest BCUT2D eigenvalue weighted by Crippen LogP contribution is 2.30. The SMILES string of the molecule is CN=C(NCC(=O)NC(C)C)N1CCC(C2(C)NC(=O)NC2=O)CC1. The maximum Gasteiger partial charge on any atom is 0.322 e. The molecule has 2 heterocycles. The van der Waals surface area contributed by atoms with Crippen LogP contribution in [-0.2, 0) is 9.59 Å². The maximum atomic E-state index is 12.1. The molecule has 2 fully saturated rings. The maximum absolute atomic E-state index is 12.1. The third-order valence-corrected chi connectivity index (χ3v) is 4.75. The third-order valence-electron chi connectivity index (χ3n) is 4.75. The first-order valence-electron chi connectivity index (χ1n) is 8.64. The zero-order chi connectivity index (χ0) is 18.6. The minimum absolute atomic E-state index is 0.0672. The van der Waals surface area contributed by atoms with Gasteiger partial charge in [-0.15, -0.1) is 0 Å². The van der Waals surface area contributed by atoms with Crippen molar-refractivity contribution in [1.29, 1.82) is 0 Å². The normalized spacial score (nSPS) is 25.0. The number of nitrogens with zero attached hydrogens (tertiary/aromatic N) is 2. The van der Waals surface area contributed by atoms with Crippen LogP contribution >= 0.6 is 0 Å². The Balaban J connectivity index is 1.87. The average Bonchev–Trinajstić information content (AvgIpc) is 2.81. The van der Waals surface area contributed by atoms with Gasteiger partial charge in [0.15, 0.2) is 5.96 Å². The molecular weight excluding hydrogens is 324 g/mol. The molecule has 0 bridgehead atoms. The largest absolute Gasteiger partial charge is 0.352 e. The molecule has 9 heteroatoms. The lowest BCUT2D eigenvalue weighted by atomic mass is 9.79. The number of hydrogen-bond donors (Lipinski definition) is 4. The molecule has 4 N–H and O–H groups in total. The first kappa shape index (κ1) is 19.0. The van der Waals surface area contributed by atoms with E-state index in [0.717, 1.165) is 12.8 Å². The highest BCUT2D eigenvalue weighted by atomic mass is 16.2. The van der Waals surface area contributed by atoms with Gasteiger partial charge in [0.2, 0.25) is 5.91 Å². The summed E-state index contributed by atoms with van der Waals surface area (Å²) >= 11 is 0. The molecule has 1 atom stereocenters. The fourth-order valence-corrected chi connectivity index (χ4v) is 3.38. The number of amides is 4. The summed E-state index contributed by atoms with van der Waals surface area (Å²) in [7, 11) is 1.68. The standard InChI is InChI=1S/C16H28N6O3/c1-10(2)19-12(23)9-18-14(17-4)22-7-5-11(6-8-22)16(3)13(24)20-15(25)21-16/h10-11H,5-9H2,1-4H3,(H,17,18)(H,19,23)(H2,20,21,24,25). The molecule has 2 aliphatic heterocycles. The van der Waals surface area contributed by atoms with Gasteiger partial charge in [-0.25, -0.2) is 4.79 Å². The second kappa shape index (κ2) is 7.71. The van der Waals surface area contributed by atoms with Gasteiger partial charge < -0.3 is 20.9 Å². The molecular formula is C16H28N6O3. The molecule has 9 nitrogen and oxygen atoms in total. The minimum Gasteiger partial charge on any atom is -0.352 e. The van der Waals surface area contributed by atoms with Crippen molar-refractivity contribution in [1.82, 2.24) is 26.2 Å². The number of carbonyl (C=O) groups is 3. The average molecular weight is 352 g/mol. The van der Waals surface area contributed by atoms with Crippen molar-refractivity contribution < 1.29 is 14.4 Å². The van der Waals surface area contributed by atoms with E-state index in [1.54, 1.807) is 14.0 Å². The van der Waals surface area contributed by atoms with Crippen molar-refractivity contribution in [2.75, 3.05) is 26.7 Å². The van der Waals surface area contributed by atoms with E-state index < -0.39 is 11.6 Å². The van der Waals surface area contributed by atoms with Crippen molar-refractivity contribution in [2.24, 2.45) is 10.9 Å². The van der Waals surface area contributed by atoms with Gasteiger partial charge in [-0.05, 0) is 39.5 Å². The fourth-order valence-electron chi connectivity index (χ4n) is 3.38. The van der Waals surface area contributed by atoms with E-state index in [0.29, 0.717) is 19.0 Å². The second-order valence-corrected chi connectivity index (χ2v) is 6.99. The molecule has 0 aromatic heterocycles. The van der Waals surface area contributed by atoms with Gasteiger partial charge in [-0.1, -0.05) is 0 Å². The summed E-state index contributed by atoms with van der Waals surface area (Å²) in [6.45, 7) is 7.17. The van der Waals surface area contributed by atoms with Crippen LogP contribution in [0.3, 0.4) is 0 Å². The summed E-state index contributed by atoms with van der Waals surface area (Å²) in [4.78, 5) is 41.5. The number of guanidine groups is 1. The van der Waals surface area contributed by atoms with Crippen LogP contribution in [0.1, 0.15) is 33.6 Å². The number of imide groups is 1. The second-order valence-electron chi connectivity index (χ2n) is 6.99. The summed E-state index contributed by atoms with van der Waals surface area (Å²) in [6, 6.07) is -0.329. The Kier molecular flexibility index (Phi) is 5.86. The number of piperidine rings is 1. The van der Waals surface area contributed by atoms with E-state index in [1.807, 2.05) is 13.8 Å². The number of rotatable bonds is 4. The fraction of sp³-hybridized carbons (Fsp3) is 0.750. The van der Waals surface area contributed by atoms with Crippen LogP contribution in [0, 0.1) is 5.92 Å². The van der Waals surface area contributed by atoms with E-state index in [-0.39, 0.29) is 30.3 Å². The molecule has 1 unspecified atom stereocenters. The van der Waals surface area contributed by atoms with Crippen molar-refractivity contribution in [3.8, 4) is 0 Å². The lowest BCUT2D eigenvalue weighted by molar-refractivity contribution is -0.125. The zero-order valence-electron chi connectivity index (χ0n) is 15.3. The van der Waals surface area contributed by atoms with E-state index >= 15 is 0 Å². The number of aliphatic imine (C=N–C) groups is 1. The Morgan fingerprint density at radius 2 is 2.00 bits per heavy atom. The van der Waals surface area contributed by atoms with Crippen LogP contribution in [0.25, 0.3) is 0 Å². The number of carbonyl (C=O) groups excluding carboxylic acids is 3. The molecule has 0 spiro atoms. The van der Waals surface area contributed by atoms with Gasteiger partial charge >= 0.3 is 6.03 Å². The third kappa shape index (κ3) is 4.40. The number of hydrogen-bond acceptors (Lipinski definition) is 4. The summed E-state index contributed by atoms with van der Waals surface area (Å²) in [5, 5.41) is 11.0. The Labute approximate surface area is 148 Å². The number of likely N-dealkylation sites (tertiary alicyclic amines) is 1. The molecule has 25 heavy (non-hydrogen) atoms. The predicted molar refractivity (Wildman–Crippen MR) is 94.0 cm³/mol. The Morgan fingerprint density at radius 1 is 1.36 bits per heavy atom. The van der Waals surface area contributed by atoms with Gasteiger partial charge in [-0.2, -0.15) is 0 Å². The van der Waals surface area contributed by atoms with Crippen molar-refractivity contribution in [2.45, 2.75) is 45.2 Å². The van der Waals surface area contributed by atoms with E-state index in [4.69, 9.17) is 0 Å². The van der Waals surface area contributed by atoms with Crippen molar-refractivity contribution >= 4 is 23.8 Å². The van der Waals surface area contributed by atoms with E-state index in [1.165, 1.54) is 0 Å². The van der Waals surface area contributed by atoms with Gasteiger partial charge in [0, 0.05) is 26.2 Å². The highest BCUT2D eigenvalue weighted by molar-refractivity contribution is 6.07. The topological polar surface area (TPSA) is 115 Å². The van der Waals surface area contributed by atoms with Crippen LogP contribution in [0.5, 0.6) is 0 Å². The summed E-state index contributed by atoms with van der Waals surface area (Å²) in [6.07, 6.45) is 1.51. The molecule has 0 aromatic rings. The summed E-state index contributed by atoms with van der Waals surface area (Å²) < 4.78 is 0. The van der Waals surface area contributed by atoms with Gasteiger partial charge in [0.25, 0.3) is 5.91 Å². The van der Waals surface area contributed by atoms with Gasteiger partial charge in [0.05, 0.1) is 6.54 Å². The molecule has 0 aliphatic carbocycles. The van der Waals surface area contributed by atoms with Crippen LogP contribution in [0.4, 0.5) is 4.79 Å². The summed E-state index contributed by atoms with van der Waals surface area (Å²) in [5.41, 5.74) is -0.850. The zero-order valence-corrected chi connectivity index (χ0v) is 15.3. The lowest BCUT2D eigenvalue weighted by Gasteiger charge is -2.39. The van der Waals surface area contributed by atoms with Crippen molar-refractivity contribution in [3.63, 3.8) is 0 Å². The van der Waals surface area contributed by atoms with Gasteiger partial charge in [0.1, 0.15) is 5.54 Å². The summed E-state index contributed by atoms with van der Waals surface area (Å²) in [5.74, 6) is 0.396. The lowest BCUT2D eigenvalue weighted by Crippen LogP contribution is -2.56. The molecule has 2 aliphatic rings. The minimum atomic E-state index is -0.850. The van der Waals surface area contributed by atoms with Crippen LogP contribution in [0.2, 0.25) is 0 Å².